The van der Waals surface area contributed by atoms with E-state index in [0.717, 1.165) is 12.8 Å². The van der Waals surface area contributed by atoms with Gasteiger partial charge in [-0.1, -0.05) is 5.16 Å². The van der Waals surface area contributed by atoms with Gasteiger partial charge < -0.3 is 14.2 Å². The van der Waals surface area contributed by atoms with E-state index in [0.29, 0.717) is 37.1 Å². The largest absolute Gasteiger partial charge is 0.377 e. The molecule has 4 heterocycles. The molecule has 2 atom stereocenters. The first-order chi connectivity index (χ1) is 11.2. The summed E-state index contributed by atoms with van der Waals surface area (Å²) in [6.45, 7) is 3.54. The molecule has 2 aliphatic heterocycles. The first-order valence-electron chi connectivity index (χ1n) is 7.67. The Morgan fingerprint density at radius 3 is 3.09 bits per heavy atom. The lowest BCUT2D eigenvalue weighted by atomic mass is 9.76. The van der Waals surface area contributed by atoms with Crippen LogP contribution in [0.3, 0.4) is 0 Å². The highest BCUT2D eigenvalue weighted by Crippen LogP contribution is 2.42. The maximum atomic E-state index is 12.7. The number of piperidine rings is 1. The standard InChI is InChI=1S/C15H17N5O3/c1-10-18-14(23-19-10)15-3-7-22-12(15)2-6-20(9-15)13(21)11-8-16-4-5-17-11/h4-5,8,12H,2-3,6-7,9H2,1H3/t12-,15-/m1/s1. The highest BCUT2D eigenvalue weighted by Gasteiger charge is 2.53. The summed E-state index contributed by atoms with van der Waals surface area (Å²) in [6, 6.07) is 0. The lowest BCUT2D eigenvalue weighted by Gasteiger charge is -2.41. The molecule has 2 aromatic rings. The van der Waals surface area contributed by atoms with Gasteiger partial charge in [-0.3, -0.25) is 9.78 Å². The van der Waals surface area contributed by atoms with Gasteiger partial charge in [0.05, 0.1) is 17.7 Å². The number of nitrogens with zero attached hydrogens (tertiary/aromatic N) is 5. The second kappa shape index (κ2) is 5.38. The maximum absolute atomic E-state index is 12.7. The Morgan fingerprint density at radius 1 is 1.43 bits per heavy atom. The van der Waals surface area contributed by atoms with Gasteiger partial charge >= 0.3 is 0 Å². The molecule has 0 bridgehead atoms. The van der Waals surface area contributed by atoms with Crippen LogP contribution >= 0.6 is 0 Å². The number of amides is 1. The number of aromatic nitrogens is 4. The molecule has 0 aliphatic carbocycles. The summed E-state index contributed by atoms with van der Waals surface area (Å²) >= 11 is 0. The monoisotopic (exact) mass is 315 g/mol. The van der Waals surface area contributed by atoms with Gasteiger partial charge in [-0.25, -0.2) is 4.98 Å². The van der Waals surface area contributed by atoms with Crippen molar-refractivity contribution in [2.24, 2.45) is 0 Å². The van der Waals surface area contributed by atoms with Crippen molar-refractivity contribution in [3.05, 3.63) is 36.0 Å². The smallest absolute Gasteiger partial charge is 0.274 e. The third-order valence-corrected chi connectivity index (χ3v) is 4.64. The Hall–Kier alpha value is -2.35. The molecular weight excluding hydrogens is 298 g/mol. The van der Waals surface area contributed by atoms with Crippen LogP contribution in [0.15, 0.2) is 23.1 Å². The van der Waals surface area contributed by atoms with Crippen LogP contribution in [0.1, 0.15) is 35.0 Å². The predicted molar refractivity (Wildman–Crippen MR) is 77.6 cm³/mol. The number of ether oxygens (including phenoxy) is 1. The Balaban J connectivity index is 1.65. The van der Waals surface area contributed by atoms with E-state index in [2.05, 4.69) is 20.1 Å². The van der Waals surface area contributed by atoms with Crippen LogP contribution in [0.5, 0.6) is 0 Å². The summed E-state index contributed by atoms with van der Waals surface area (Å²) in [5.41, 5.74) is -0.0704. The van der Waals surface area contributed by atoms with Gasteiger partial charge in [0.1, 0.15) is 5.69 Å². The number of rotatable bonds is 2. The molecule has 2 saturated heterocycles. The number of carbonyl (C=O) groups excluding carboxylic acids is 1. The molecular formula is C15H17N5O3. The molecule has 120 valence electrons. The molecule has 2 aliphatic rings. The van der Waals surface area contributed by atoms with Crippen LogP contribution in [0.25, 0.3) is 0 Å². The predicted octanol–water partition coefficient (Wildman–Crippen LogP) is 0.741. The minimum absolute atomic E-state index is 0.00765. The normalized spacial score (nSPS) is 27.0. The zero-order chi connectivity index (χ0) is 15.9. The fourth-order valence-electron chi connectivity index (χ4n) is 3.49. The Kier molecular flexibility index (Phi) is 3.33. The zero-order valence-electron chi connectivity index (χ0n) is 12.8. The number of hydrogen-bond acceptors (Lipinski definition) is 7. The topological polar surface area (TPSA) is 94.2 Å². The molecule has 23 heavy (non-hydrogen) atoms. The van der Waals surface area contributed by atoms with E-state index in [-0.39, 0.29) is 12.0 Å². The molecule has 0 saturated carbocycles. The second-order valence-electron chi connectivity index (χ2n) is 6.02. The summed E-state index contributed by atoms with van der Waals surface area (Å²) in [5, 5.41) is 3.91. The van der Waals surface area contributed by atoms with Crippen molar-refractivity contribution in [3.8, 4) is 0 Å². The summed E-state index contributed by atoms with van der Waals surface area (Å²) in [6.07, 6.45) is 6.08. The first-order valence-corrected chi connectivity index (χ1v) is 7.67. The van der Waals surface area contributed by atoms with Crippen LogP contribution < -0.4 is 0 Å². The molecule has 2 fully saturated rings. The molecule has 0 spiro atoms. The van der Waals surface area contributed by atoms with Crippen molar-refractivity contribution < 1.29 is 14.1 Å². The van der Waals surface area contributed by atoms with Gasteiger partial charge in [0.15, 0.2) is 5.82 Å². The number of fused-ring (bicyclic) bond motifs is 1. The summed E-state index contributed by atoms with van der Waals surface area (Å²) in [4.78, 5) is 27.0. The second-order valence-corrected chi connectivity index (χ2v) is 6.02. The summed E-state index contributed by atoms with van der Waals surface area (Å²) < 4.78 is 11.3. The van der Waals surface area contributed by atoms with Crippen LogP contribution in [-0.2, 0) is 10.2 Å². The molecule has 2 aromatic heterocycles. The molecule has 0 radical (unpaired) electrons. The average molecular weight is 315 g/mol. The lowest BCUT2D eigenvalue weighted by Crippen LogP contribution is -2.54. The van der Waals surface area contributed by atoms with Gasteiger partial charge in [0, 0.05) is 32.1 Å². The van der Waals surface area contributed by atoms with E-state index in [1.165, 1.54) is 12.4 Å². The average Bonchev–Trinajstić information content (AvgIpc) is 3.21. The molecule has 0 aromatic carbocycles. The number of likely N-dealkylation sites (tertiary alicyclic amines) is 1. The Bertz CT molecular complexity index is 719. The van der Waals surface area contributed by atoms with Crippen LogP contribution in [0, 0.1) is 6.92 Å². The zero-order valence-corrected chi connectivity index (χ0v) is 12.8. The van der Waals surface area contributed by atoms with Crippen molar-refractivity contribution in [2.75, 3.05) is 19.7 Å². The van der Waals surface area contributed by atoms with Gasteiger partial charge in [-0.15, -0.1) is 0 Å². The van der Waals surface area contributed by atoms with Crippen LogP contribution in [-0.4, -0.2) is 56.7 Å². The minimum atomic E-state index is -0.419. The van der Waals surface area contributed by atoms with Crippen molar-refractivity contribution in [1.29, 1.82) is 0 Å². The molecule has 0 unspecified atom stereocenters. The fraction of sp³-hybridized carbons (Fsp3) is 0.533. The third-order valence-electron chi connectivity index (χ3n) is 4.64. The quantitative estimate of drug-likeness (QED) is 0.806. The van der Waals surface area contributed by atoms with Gasteiger partial charge in [0.25, 0.3) is 5.91 Å². The highest BCUT2D eigenvalue weighted by molar-refractivity contribution is 5.92. The molecule has 8 heteroatoms. The van der Waals surface area contributed by atoms with E-state index >= 15 is 0 Å². The summed E-state index contributed by atoms with van der Waals surface area (Å²) in [5.74, 6) is 1.03. The van der Waals surface area contributed by atoms with Crippen molar-refractivity contribution in [3.63, 3.8) is 0 Å². The van der Waals surface area contributed by atoms with E-state index in [1.54, 1.807) is 18.0 Å². The van der Waals surface area contributed by atoms with E-state index in [4.69, 9.17) is 9.26 Å². The minimum Gasteiger partial charge on any atom is -0.377 e. The number of hydrogen-bond donors (Lipinski definition) is 0. The van der Waals surface area contributed by atoms with Gasteiger partial charge in [0.2, 0.25) is 5.89 Å². The van der Waals surface area contributed by atoms with Gasteiger partial charge in [-0.2, -0.15) is 4.98 Å². The third kappa shape index (κ3) is 2.29. The highest BCUT2D eigenvalue weighted by atomic mass is 16.5. The van der Waals surface area contributed by atoms with Crippen LogP contribution in [0.4, 0.5) is 0 Å². The first kappa shape index (κ1) is 14.3. The summed E-state index contributed by atoms with van der Waals surface area (Å²) in [7, 11) is 0. The Labute approximate surface area is 132 Å². The molecule has 0 N–H and O–H groups in total. The van der Waals surface area contributed by atoms with E-state index in [1.807, 2.05) is 0 Å². The van der Waals surface area contributed by atoms with Crippen molar-refractivity contribution in [2.45, 2.75) is 31.3 Å². The van der Waals surface area contributed by atoms with Gasteiger partial charge in [-0.05, 0) is 19.8 Å². The van der Waals surface area contributed by atoms with Crippen molar-refractivity contribution in [1.82, 2.24) is 25.0 Å². The number of aryl methyl sites for hydroxylation is 1. The SMILES string of the molecule is Cc1noc([C@@]23CCO[C@@H]2CCN(C(=O)c2cnccn2)C3)n1. The fourth-order valence-corrected chi connectivity index (χ4v) is 3.49. The van der Waals surface area contributed by atoms with E-state index < -0.39 is 5.41 Å². The number of carbonyl (C=O) groups is 1. The van der Waals surface area contributed by atoms with E-state index in [9.17, 15) is 4.79 Å². The maximum Gasteiger partial charge on any atom is 0.274 e. The molecule has 8 nitrogen and oxygen atoms in total. The molecule has 4 rings (SSSR count). The van der Waals surface area contributed by atoms with Crippen LogP contribution in [0.2, 0.25) is 0 Å². The lowest BCUT2D eigenvalue weighted by molar-refractivity contribution is 0.00800. The van der Waals surface area contributed by atoms with Crippen molar-refractivity contribution >= 4 is 5.91 Å². The molecule has 1 amide bonds. The Morgan fingerprint density at radius 2 is 2.35 bits per heavy atom.